The average Bonchev–Trinajstić information content (AvgIpc) is 2.49. The highest BCUT2D eigenvalue weighted by molar-refractivity contribution is 6.30. The van der Waals surface area contributed by atoms with Gasteiger partial charge in [-0.3, -0.25) is 0 Å². The number of halogens is 1. The summed E-state index contributed by atoms with van der Waals surface area (Å²) < 4.78 is 0. The van der Waals surface area contributed by atoms with E-state index < -0.39 is 0 Å². The number of phenolic OH excluding ortho intramolecular Hbond substituents is 1. The van der Waals surface area contributed by atoms with Crippen LogP contribution in [0.1, 0.15) is 5.56 Å². The number of aryl methyl sites for hydroxylation is 1. The third-order valence-electron chi connectivity index (χ3n) is 3.39. The molecule has 2 aromatic carbocycles. The molecular formula is C17H11ClN2O. The van der Waals surface area contributed by atoms with Crippen molar-refractivity contribution in [2.24, 2.45) is 0 Å². The van der Waals surface area contributed by atoms with Gasteiger partial charge in [0.15, 0.2) is 5.69 Å². The third kappa shape index (κ3) is 2.42. The van der Waals surface area contributed by atoms with Gasteiger partial charge in [0, 0.05) is 0 Å². The van der Waals surface area contributed by atoms with Gasteiger partial charge in [0.1, 0.15) is 10.9 Å². The Morgan fingerprint density at radius 3 is 2.67 bits per heavy atom. The first kappa shape index (κ1) is 13.4. The quantitative estimate of drug-likeness (QED) is 0.499. The molecule has 0 aliphatic carbocycles. The fourth-order valence-corrected chi connectivity index (χ4v) is 2.40. The second-order valence-corrected chi connectivity index (χ2v) is 5.20. The fraction of sp³-hybridized carbons (Fsp3) is 0.0588. The number of nitrogens with zero attached hydrogens (tertiary/aromatic N) is 2. The van der Waals surface area contributed by atoms with Crippen molar-refractivity contribution in [3.63, 3.8) is 0 Å². The van der Waals surface area contributed by atoms with Gasteiger partial charge in [-0.25, -0.2) is 9.83 Å². The van der Waals surface area contributed by atoms with Crippen LogP contribution < -0.4 is 0 Å². The molecule has 0 bridgehead atoms. The van der Waals surface area contributed by atoms with Crippen LogP contribution in [0.15, 0.2) is 42.5 Å². The lowest BCUT2D eigenvalue weighted by Gasteiger charge is -2.09. The minimum absolute atomic E-state index is 0.218. The molecule has 0 aliphatic heterocycles. The Kier molecular flexibility index (Phi) is 3.25. The van der Waals surface area contributed by atoms with Crippen molar-refractivity contribution < 1.29 is 5.11 Å². The summed E-state index contributed by atoms with van der Waals surface area (Å²) >= 11 is 5.99. The van der Waals surface area contributed by atoms with Crippen molar-refractivity contribution >= 4 is 28.2 Å². The molecule has 0 atom stereocenters. The van der Waals surface area contributed by atoms with Crippen LogP contribution in [-0.2, 0) is 0 Å². The van der Waals surface area contributed by atoms with Crippen molar-refractivity contribution in [2.45, 2.75) is 6.92 Å². The van der Waals surface area contributed by atoms with Gasteiger partial charge in [-0.1, -0.05) is 29.8 Å². The first-order valence-corrected chi connectivity index (χ1v) is 6.74. The zero-order chi connectivity index (χ0) is 15.0. The van der Waals surface area contributed by atoms with Crippen LogP contribution in [0.4, 0.5) is 5.69 Å². The number of aromatic hydroxyl groups is 1. The molecule has 0 amide bonds. The highest BCUT2D eigenvalue weighted by Gasteiger charge is 2.10. The van der Waals surface area contributed by atoms with Crippen molar-refractivity contribution in [1.82, 2.24) is 4.98 Å². The van der Waals surface area contributed by atoms with Gasteiger partial charge in [-0.15, -0.1) is 0 Å². The maximum Gasteiger partial charge on any atom is 0.188 e. The maximum absolute atomic E-state index is 9.91. The Bertz CT molecular complexity index is 897. The number of benzene rings is 2. The van der Waals surface area contributed by atoms with E-state index in [-0.39, 0.29) is 5.75 Å². The Morgan fingerprint density at radius 2 is 1.95 bits per heavy atom. The van der Waals surface area contributed by atoms with Gasteiger partial charge in [0.25, 0.3) is 0 Å². The normalized spacial score (nSPS) is 10.5. The van der Waals surface area contributed by atoms with Crippen LogP contribution in [0.25, 0.3) is 26.9 Å². The summed E-state index contributed by atoms with van der Waals surface area (Å²) in [5.41, 5.74) is 3.65. The molecule has 21 heavy (non-hydrogen) atoms. The van der Waals surface area contributed by atoms with Gasteiger partial charge >= 0.3 is 0 Å². The molecule has 1 aromatic heterocycles. The number of hydrogen-bond acceptors (Lipinski definition) is 2. The Morgan fingerprint density at radius 1 is 1.14 bits per heavy atom. The number of hydrogen-bond donors (Lipinski definition) is 1. The van der Waals surface area contributed by atoms with Crippen LogP contribution in [0.2, 0.25) is 5.15 Å². The molecule has 102 valence electrons. The van der Waals surface area contributed by atoms with E-state index in [4.69, 9.17) is 18.2 Å². The molecule has 3 aromatic rings. The zero-order valence-electron chi connectivity index (χ0n) is 11.3. The lowest BCUT2D eigenvalue weighted by Crippen LogP contribution is -1.87. The van der Waals surface area contributed by atoms with Crippen LogP contribution in [0, 0.1) is 13.5 Å². The first-order valence-electron chi connectivity index (χ1n) is 6.36. The monoisotopic (exact) mass is 294 g/mol. The minimum Gasteiger partial charge on any atom is -0.508 e. The minimum atomic E-state index is 0.218. The number of phenols is 1. The average molecular weight is 295 g/mol. The number of rotatable bonds is 1. The van der Waals surface area contributed by atoms with Gasteiger partial charge in [0.2, 0.25) is 0 Å². The summed E-state index contributed by atoms with van der Waals surface area (Å²) in [6.45, 7) is 9.06. The molecule has 0 saturated heterocycles. The SMILES string of the molecule is [C-]#[N+]c1cc(-c2ccc(C)c(O)c2)c2nc(Cl)ccc2c1. The highest BCUT2D eigenvalue weighted by Crippen LogP contribution is 2.35. The Hall–Kier alpha value is -2.57. The Balaban J connectivity index is 2.36. The molecule has 3 nitrogen and oxygen atoms in total. The number of fused-ring (bicyclic) bond motifs is 1. The van der Waals surface area contributed by atoms with E-state index in [0.717, 1.165) is 27.6 Å². The van der Waals surface area contributed by atoms with Crippen molar-refractivity contribution in [3.8, 4) is 16.9 Å². The van der Waals surface area contributed by atoms with Gasteiger partial charge in [0.05, 0.1) is 12.1 Å². The van der Waals surface area contributed by atoms with Gasteiger partial charge < -0.3 is 5.11 Å². The molecule has 0 aliphatic rings. The van der Waals surface area contributed by atoms with Crippen LogP contribution >= 0.6 is 11.6 Å². The predicted molar refractivity (Wildman–Crippen MR) is 84.9 cm³/mol. The molecule has 0 saturated carbocycles. The molecule has 0 fully saturated rings. The number of aromatic nitrogens is 1. The van der Waals surface area contributed by atoms with Crippen molar-refractivity contribution in [3.05, 3.63) is 64.6 Å². The van der Waals surface area contributed by atoms with E-state index in [9.17, 15) is 5.11 Å². The van der Waals surface area contributed by atoms with Crippen LogP contribution in [-0.4, -0.2) is 10.1 Å². The third-order valence-corrected chi connectivity index (χ3v) is 3.60. The molecule has 1 N–H and O–H groups in total. The summed E-state index contributed by atoms with van der Waals surface area (Å²) in [7, 11) is 0. The summed E-state index contributed by atoms with van der Waals surface area (Å²) in [6.07, 6.45) is 0. The van der Waals surface area contributed by atoms with E-state index in [2.05, 4.69) is 9.83 Å². The van der Waals surface area contributed by atoms with Gasteiger partial charge in [-0.2, -0.15) is 0 Å². The highest BCUT2D eigenvalue weighted by atomic mass is 35.5. The molecule has 0 spiro atoms. The van der Waals surface area contributed by atoms with E-state index in [0.29, 0.717) is 10.8 Å². The standard InChI is InChI=1S/C17H11ClN2O/c1-10-3-4-11(8-15(10)21)14-9-13(19-2)7-12-5-6-16(18)20-17(12)14/h3-9,21H,1H3. The molecule has 1 heterocycles. The summed E-state index contributed by atoms with van der Waals surface area (Å²) in [4.78, 5) is 7.86. The van der Waals surface area contributed by atoms with E-state index >= 15 is 0 Å². The van der Waals surface area contributed by atoms with E-state index in [1.54, 1.807) is 24.3 Å². The summed E-state index contributed by atoms with van der Waals surface area (Å²) in [5, 5.41) is 11.2. The zero-order valence-corrected chi connectivity index (χ0v) is 12.0. The lowest BCUT2D eigenvalue weighted by molar-refractivity contribution is 0.471. The topological polar surface area (TPSA) is 37.5 Å². The smallest absolute Gasteiger partial charge is 0.188 e. The summed E-state index contributed by atoms with van der Waals surface area (Å²) in [6, 6.07) is 12.5. The fourth-order valence-electron chi connectivity index (χ4n) is 2.26. The summed E-state index contributed by atoms with van der Waals surface area (Å²) in [5.74, 6) is 0.218. The van der Waals surface area contributed by atoms with Crippen LogP contribution in [0.3, 0.4) is 0 Å². The van der Waals surface area contributed by atoms with Crippen molar-refractivity contribution in [2.75, 3.05) is 0 Å². The first-order chi connectivity index (χ1) is 10.1. The molecule has 4 heteroatoms. The molecule has 0 radical (unpaired) electrons. The van der Waals surface area contributed by atoms with E-state index in [1.165, 1.54) is 0 Å². The maximum atomic E-state index is 9.91. The van der Waals surface area contributed by atoms with E-state index in [1.807, 2.05) is 25.1 Å². The lowest BCUT2D eigenvalue weighted by atomic mass is 9.99. The second kappa shape index (κ2) is 5.08. The predicted octanol–water partition coefficient (Wildman–Crippen LogP) is 5.12. The van der Waals surface area contributed by atoms with Gasteiger partial charge in [-0.05, 0) is 53.3 Å². The van der Waals surface area contributed by atoms with Crippen molar-refractivity contribution in [1.29, 1.82) is 0 Å². The molecular weight excluding hydrogens is 284 g/mol. The second-order valence-electron chi connectivity index (χ2n) is 4.81. The Labute approximate surface area is 127 Å². The molecule has 3 rings (SSSR count). The largest absolute Gasteiger partial charge is 0.508 e. The number of pyridine rings is 1. The van der Waals surface area contributed by atoms with Crippen LogP contribution in [0.5, 0.6) is 5.75 Å². The molecule has 0 unspecified atom stereocenters.